The monoisotopic (exact) mass is 226 g/mol. The van der Waals surface area contributed by atoms with Crippen molar-refractivity contribution in [1.29, 1.82) is 0 Å². The van der Waals surface area contributed by atoms with Crippen LogP contribution in [-0.4, -0.2) is 27.6 Å². The summed E-state index contributed by atoms with van der Waals surface area (Å²) in [6.07, 6.45) is 1.15. The van der Waals surface area contributed by atoms with Gasteiger partial charge in [-0.1, -0.05) is 0 Å². The maximum Gasteiger partial charge on any atom is 0.349 e. The zero-order chi connectivity index (χ0) is 12.1. The summed E-state index contributed by atoms with van der Waals surface area (Å²) in [6, 6.07) is 1.59. The summed E-state index contributed by atoms with van der Waals surface area (Å²) in [7, 11) is 0. The molecule has 0 unspecified atom stereocenters. The molecular weight excluding hydrogens is 216 g/mol. The molecule has 8 nitrogen and oxygen atoms in total. The van der Waals surface area contributed by atoms with E-state index in [-0.39, 0.29) is 5.56 Å². The van der Waals surface area contributed by atoms with Crippen LogP contribution in [0.5, 0.6) is 17.2 Å². The quantitative estimate of drug-likeness (QED) is 0.130. The summed E-state index contributed by atoms with van der Waals surface area (Å²) in [5.41, 5.74) is 4.07. The second-order valence-corrected chi connectivity index (χ2v) is 2.75. The Balaban J connectivity index is 2.78. The molecule has 0 aliphatic rings. The van der Waals surface area contributed by atoms with Gasteiger partial charge in [0.15, 0.2) is 17.2 Å². The van der Waals surface area contributed by atoms with Gasteiger partial charge in [-0.2, -0.15) is 5.10 Å². The lowest BCUT2D eigenvalue weighted by atomic mass is 10.2. The Labute approximate surface area is 90.0 Å². The van der Waals surface area contributed by atoms with E-state index >= 15 is 0 Å². The summed E-state index contributed by atoms with van der Waals surface area (Å²) in [4.78, 5) is 10.6. The highest BCUT2D eigenvalue weighted by Gasteiger charge is 2.06. The first-order valence-electron chi connectivity index (χ1n) is 4.09. The Bertz CT molecular complexity index is 409. The molecule has 0 radical (unpaired) electrons. The third-order valence-electron chi connectivity index (χ3n) is 1.60. The van der Waals surface area contributed by atoms with Gasteiger partial charge < -0.3 is 15.3 Å². The van der Waals surface area contributed by atoms with Crippen LogP contribution in [0, 0.1) is 0 Å². The number of hydrazone groups is 1. The molecule has 0 saturated carbocycles. The van der Waals surface area contributed by atoms with Gasteiger partial charge in [-0.05, 0) is 12.1 Å². The largest absolute Gasteiger partial charge is 0.504 e. The lowest BCUT2D eigenvalue weighted by Gasteiger charge is -2.02. The van der Waals surface area contributed by atoms with Gasteiger partial charge in [0.25, 0.3) is 0 Å². The van der Waals surface area contributed by atoms with Gasteiger partial charge in [-0.3, -0.25) is 5.43 Å². The number of aromatic hydroxyl groups is 3. The normalized spacial score (nSPS) is 10.3. The molecule has 16 heavy (non-hydrogen) atoms. The van der Waals surface area contributed by atoms with E-state index in [1.54, 1.807) is 5.43 Å². The minimum absolute atomic E-state index is 0.283. The summed E-state index contributed by atoms with van der Waals surface area (Å²) >= 11 is 0. The fraction of sp³-hybridized carbons (Fsp3) is 0. The van der Waals surface area contributed by atoms with Crippen LogP contribution in [0.15, 0.2) is 17.2 Å². The number of benzene rings is 1. The van der Waals surface area contributed by atoms with Crippen molar-refractivity contribution in [2.75, 3.05) is 0 Å². The first-order valence-corrected chi connectivity index (χ1v) is 4.09. The molecule has 0 fully saturated rings. The molecule has 2 amide bonds. The number of hydrazine groups is 1. The van der Waals surface area contributed by atoms with E-state index in [1.165, 1.54) is 0 Å². The summed E-state index contributed by atoms with van der Waals surface area (Å²) in [5.74, 6) is 3.16. The maximum absolute atomic E-state index is 10.6. The van der Waals surface area contributed by atoms with Crippen molar-refractivity contribution < 1.29 is 20.1 Å². The molecule has 0 spiro atoms. The number of nitrogens with zero attached hydrogens (tertiary/aromatic N) is 1. The van der Waals surface area contributed by atoms with Crippen LogP contribution in [0.25, 0.3) is 0 Å². The average molecular weight is 226 g/mol. The van der Waals surface area contributed by atoms with E-state index < -0.39 is 23.3 Å². The third-order valence-corrected chi connectivity index (χ3v) is 1.60. The first-order chi connectivity index (χ1) is 7.54. The van der Waals surface area contributed by atoms with Crippen LogP contribution in [0.2, 0.25) is 0 Å². The Hall–Kier alpha value is -2.48. The van der Waals surface area contributed by atoms with Gasteiger partial charge >= 0.3 is 6.03 Å². The van der Waals surface area contributed by atoms with Crippen LogP contribution in [-0.2, 0) is 0 Å². The number of hydrogen-bond acceptors (Lipinski definition) is 6. The molecule has 1 aromatic carbocycles. The standard InChI is InChI=1S/C8H10N4O4/c9-11-8(16)12-10-3-4-1-5(13)7(15)6(14)2-4/h1-3,13-15H,9H2,(H2,11,12,16). The predicted octanol–water partition coefficient (Wildman–Crippen LogP) is -0.690. The molecule has 7 N–H and O–H groups in total. The Morgan fingerprint density at radius 2 is 1.88 bits per heavy atom. The van der Waals surface area contributed by atoms with Gasteiger partial charge in [-0.25, -0.2) is 16.1 Å². The van der Waals surface area contributed by atoms with Crippen LogP contribution < -0.4 is 16.7 Å². The van der Waals surface area contributed by atoms with Crippen LogP contribution in [0.1, 0.15) is 5.56 Å². The number of phenols is 3. The topological polar surface area (TPSA) is 140 Å². The van der Waals surface area contributed by atoms with Crippen molar-refractivity contribution in [3.63, 3.8) is 0 Å². The van der Waals surface area contributed by atoms with E-state index in [4.69, 9.17) is 21.2 Å². The van der Waals surface area contributed by atoms with Crippen molar-refractivity contribution in [3.05, 3.63) is 17.7 Å². The van der Waals surface area contributed by atoms with Crippen molar-refractivity contribution in [2.45, 2.75) is 0 Å². The van der Waals surface area contributed by atoms with E-state index in [2.05, 4.69) is 5.10 Å². The summed E-state index contributed by atoms with van der Waals surface area (Å²) < 4.78 is 0. The number of carbonyl (C=O) groups is 1. The van der Waals surface area contributed by atoms with E-state index in [1.807, 2.05) is 5.43 Å². The van der Waals surface area contributed by atoms with Crippen LogP contribution in [0.3, 0.4) is 0 Å². The number of hydrogen-bond donors (Lipinski definition) is 6. The molecular formula is C8H10N4O4. The predicted molar refractivity (Wildman–Crippen MR) is 54.9 cm³/mol. The maximum atomic E-state index is 10.6. The van der Waals surface area contributed by atoms with Crippen LogP contribution in [0.4, 0.5) is 4.79 Å². The molecule has 0 heterocycles. The lowest BCUT2D eigenvalue weighted by molar-refractivity contribution is 0.241. The number of nitrogens with two attached hydrogens (primary N) is 1. The van der Waals surface area contributed by atoms with Gasteiger partial charge in [0.2, 0.25) is 0 Å². The average Bonchev–Trinajstić information content (AvgIpc) is 2.25. The molecule has 1 aromatic rings. The van der Waals surface area contributed by atoms with Crippen molar-refractivity contribution >= 4 is 12.2 Å². The third kappa shape index (κ3) is 2.75. The van der Waals surface area contributed by atoms with E-state index in [0.29, 0.717) is 0 Å². The number of phenolic OH excluding ortho intramolecular Hbond substituents is 3. The molecule has 0 aliphatic heterocycles. The van der Waals surface area contributed by atoms with Gasteiger partial charge in [0, 0.05) is 5.56 Å². The zero-order valence-electron chi connectivity index (χ0n) is 8.01. The highest BCUT2D eigenvalue weighted by atomic mass is 16.3. The molecule has 0 aliphatic carbocycles. The highest BCUT2D eigenvalue weighted by Crippen LogP contribution is 2.34. The highest BCUT2D eigenvalue weighted by molar-refractivity contribution is 5.83. The fourth-order valence-corrected chi connectivity index (χ4v) is 0.898. The minimum atomic E-state index is -0.719. The van der Waals surface area contributed by atoms with Crippen molar-refractivity contribution in [1.82, 2.24) is 10.9 Å². The summed E-state index contributed by atoms with van der Waals surface area (Å²) in [6.45, 7) is 0. The Kier molecular flexibility index (Phi) is 3.51. The van der Waals surface area contributed by atoms with Crippen LogP contribution >= 0.6 is 0 Å². The van der Waals surface area contributed by atoms with Gasteiger partial charge in [-0.15, -0.1) is 0 Å². The molecule has 0 atom stereocenters. The second kappa shape index (κ2) is 4.84. The van der Waals surface area contributed by atoms with Crippen molar-refractivity contribution in [3.8, 4) is 17.2 Å². The lowest BCUT2D eigenvalue weighted by Crippen LogP contribution is -2.37. The number of carbonyl (C=O) groups excluding carboxylic acids is 1. The SMILES string of the molecule is NNC(=O)NN=Cc1cc(O)c(O)c(O)c1. The van der Waals surface area contributed by atoms with Gasteiger partial charge in [0.1, 0.15) is 0 Å². The second-order valence-electron chi connectivity index (χ2n) is 2.75. The summed E-state index contributed by atoms with van der Waals surface area (Å²) in [5, 5.41) is 30.8. The number of amides is 2. The van der Waals surface area contributed by atoms with E-state index in [0.717, 1.165) is 18.3 Å². The molecule has 86 valence electrons. The van der Waals surface area contributed by atoms with Crippen molar-refractivity contribution in [2.24, 2.45) is 10.9 Å². The molecule has 1 rings (SSSR count). The Morgan fingerprint density at radius 3 is 2.38 bits per heavy atom. The molecule has 8 heteroatoms. The van der Waals surface area contributed by atoms with Gasteiger partial charge in [0.05, 0.1) is 6.21 Å². The number of rotatable bonds is 2. The zero-order valence-corrected chi connectivity index (χ0v) is 8.01. The van der Waals surface area contributed by atoms with E-state index in [9.17, 15) is 4.79 Å². The smallest absolute Gasteiger partial charge is 0.349 e. The fourth-order valence-electron chi connectivity index (χ4n) is 0.898. The minimum Gasteiger partial charge on any atom is -0.504 e. The Morgan fingerprint density at radius 1 is 1.31 bits per heavy atom. The molecule has 0 saturated heterocycles. The first kappa shape index (κ1) is 11.6. The number of urea groups is 1. The number of nitrogens with one attached hydrogen (secondary N) is 2. The molecule has 0 aromatic heterocycles. The molecule has 0 bridgehead atoms.